The molecule has 0 radical (unpaired) electrons. The van der Waals surface area contributed by atoms with Gasteiger partial charge in [0, 0.05) is 47.3 Å². The second-order valence-electron chi connectivity index (χ2n) is 18.3. The van der Waals surface area contributed by atoms with Gasteiger partial charge in [-0.1, -0.05) is 37.6 Å². The number of benzene rings is 2. The Kier molecular flexibility index (Phi) is 15.4. The molecule has 4 N–H and O–H groups in total. The highest BCUT2D eigenvalue weighted by Crippen LogP contribution is 2.68. The zero-order valence-electron chi connectivity index (χ0n) is 38.7. The van der Waals surface area contributed by atoms with Crippen LogP contribution in [0.1, 0.15) is 78.7 Å². The molecule has 402 valence electrons. The van der Waals surface area contributed by atoms with Crippen molar-refractivity contribution in [1.29, 1.82) is 0 Å². The third-order valence-corrected chi connectivity index (χ3v) is 13.6. The lowest BCUT2D eigenvalue weighted by Gasteiger charge is -2.27. The molecule has 0 spiro atoms. The molecular weight excluding hydrogens is 1080 g/mol. The number of anilines is 1. The fourth-order valence-corrected chi connectivity index (χ4v) is 10.1. The molecule has 5 aromatic rings. The van der Waals surface area contributed by atoms with Gasteiger partial charge in [-0.25, -0.2) is 44.3 Å². The molecule has 2 aromatic carbocycles. The van der Waals surface area contributed by atoms with E-state index in [1.807, 2.05) is 0 Å². The van der Waals surface area contributed by atoms with Crippen LogP contribution in [-0.2, 0) is 58.9 Å². The number of halogens is 11. The number of aromatic nitrogens is 5. The second kappa shape index (κ2) is 20.3. The van der Waals surface area contributed by atoms with Crippen LogP contribution >= 0.6 is 19.4 Å². The molecule has 7 rings (SSSR count). The Balaban J connectivity index is 1.32. The maximum absolute atomic E-state index is 15.6. The van der Waals surface area contributed by atoms with Gasteiger partial charge in [-0.2, -0.15) is 36.5 Å². The Bertz CT molecular complexity index is 3190. The minimum Gasteiger partial charge on any atom is -0.422 e. The summed E-state index contributed by atoms with van der Waals surface area (Å²) in [4.78, 5) is 62.5. The van der Waals surface area contributed by atoms with Crippen LogP contribution in [0.2, 0.25) is 5.02 Å². The number of sulfonamides is 1. The van der Waals surface area contributed by atoms with Crippen LogP contribution in [-0.4, -0.2) is 92.9 Å². The minimum atomic E-state index is -5.12. The van der Waals surface area contributed by atoms with Gasteiger partial charge in [0.1, 0.15) is 36.1 Å². The first kappa shape index (κ1) is 55.9. The van der Waals surface area contributed by atoms with Gasteiger partial charge in [-0.15, -0.1) is 0 Å². The lowest BCUT2D eigenvalue weighted by Crippen LogP contribution is -2.42. The molecule has 2 aliphatic carbocycles. The van der Waals surface area contributed by atoms with Gasteiger partial charge in [0.2, 0.25) is 34.8 Å². The fourth-order valence-electron chi connectivity index (χ4n) is 8.79. The van der Waals surface area contributed by atoms with E-state index in [1.165, 1.54) is 32.9 Å². The average molecular weight is 1120 g/mol. The van der Waals surface area contributed by atoms with Gasteiger partial charge in [0.05, 0.1) is 33.9 Å². The van der Waals surface area contributed by atoms with Crippen molar-refractivity contribution >= 4 is 64.1 Å². The number of alkyl carbamates (subject to hydrolysis) is 1. The van der Waals surface area contributed by atoms with Crippen LogP contribution in [0.25, 0.3) is 22.0 Å². The van der Waals surface area contributed by atoms with E-state index in [2.05, 4.69) is 35.1 Å². The van der Waals surface area contributed by atoms with Gasteiger partial charge < -0.3 is 25.2 Å². The van der Waals surface area contributed by atoms with Crippen LogP contribution in [0.4, 0.5) is 54.5 Å². The maximum atomic E-state index is 15.6. The number of nitrogens with one attached hydrogen (secondary N) is 2. The number of carbonyl (C=O) groups excluding carboxylic acids is 3. The molecule has 1 saturated carbocycles. The molecule has 4 atom stereocenters. The largest absolute Gasteiger partial charge is 0.472 e. The molecule has 1 unspecified atom stereocenters. The third-order valence-electron chi connectivity index (χ3n) is 11.8. The van der Waals surface area contributed by atoms with E-state index in [4.69, 9.17) is 21.4 Å². The third kappa shape index (κ3) is 12.3. The van der Waals surface area contributed by atoms with Crippen LogP contribution in [0, 0.1) is 29.9 Å². The summed E-state index contributed by atoms with van der Waals surface area (Å²) in [6, 6.07) is 5.52. The fraction of sp³-hybridized carbons (Fsp3) is 0.442. The Morgan fingerprint density at radius 2 is 1.65 bits per heavy atom. The summed E-state index contributed by atoms with van der Waals surface area (Å²) in [5.41, 5.74) is -5.11. The zero-order valence-corrected chi connectivity index (χ0v) is 41.2. The lowest BCUT2D eigenvalue weighted by molar-refractivity contribution is -0.141. The lowest BCUT2D eigenvalue weighted by atomic mass is 9.89. The zero-order chi connectivity index (χ0) is 54.8. The number of hydrogen-bond donors (Lipinski definition) is 4. The van der Waals surface area contributed by atoms with E-state index in [1.54, 1.807) is 0 Å². The summed E-state index contributed by atoms with van der Waals surface area (Å²) in [7, 11) is -9.89. The van der Waals surface area contributed by atoms with E-state index < -0.39 is 173 Å². The Hall–Kier alpha value is -5.87. The summed E-state index contributed by atoms with van der Waals surface area (Å²) in [6.07, 6.45) is -14.2. The van der Waals surface area contributed by atoms with Gasteiger partial charge in [-0.3, -0.25) is 23.9 Å². The quantitative estimate of drug-likeness (QED) is 0.0347. The number of hydrogen-bond acceptors (Lipinski definition) is 11. The van der Waals surface area contributed by atoms with Crippen molar-refractivity contribution < 1.29 is 90.3 Å². The molecule has 74 heavy (non-hydrogen) atoms. The van der Waals surface area contributed by atoms with Gasteiger partial charge in [-0.05, 0) is 60.9 Å². The highest BCUT2D eigenvalue weighted by Gasteiger charge is 2.67. The van der Waals surface area contributed by atoms with Gasteiger partial charge in [0.25, 0.3) is 12.3 Å². The van der Waals surface area contributed by atoms with E-state index in [0.717, 1.165) is 24.3 Å². The first-order valence-electron chi connectivity index (χ1n) is 21.7. The van der Waals surface area contributed by atoms with Crippen molar-refractivity contribution in [3.8, 4) is 11.1 Å². The number of alkyl halides is 8. The predicted molar refractivity (Wildman–Crippen MR) is 240 cm³/mol. The molecule has 0 saturated heterocycles. The number of aryl methyl sites for hydroxylation is 1. The summed E-state index contributed by atoms with van der Waals surface area (Å²) in [5, 5.41) is 11.3. The van der Waals surface area contributed by atoms with Crippen LogP contribution < -0.4 is 14.9 Å². The smallest absolute Gasteiger partial charge is 0.422 e. The van der Waals surface area contributed by atoms with E-state index in [0.29, 0.717) is 17.0 Å². The molecule has 3 amide bonds. The number of nitrogens with zero attached hydrogens (tertiary/aromatic N) is 6. The monoisotopic (exact) mass is 1120 g/mol. The van der Waals surface area contributed by atoms with E-state index in [9.17, 15) is 62.5 Å². The Morgan fingerprint density at radius 3 is 2.26 bits per heavy atom. The minimum absolute atomic E-state index is 0.0819. The molecule has 0 aliphatic heterocycles. The average Bonchev–Trinajstić information content (AvgIpc) is 3.78. The van der Waals surface area contributed by atoms with Crippen molar-refractivity contribution in [3.63, 3.8) is 0 Å². The first-order chi connectivity index (χ1) is 34.2. The normalized spacial score (nSPS) is 17.2. The highest BCUT2D eigenvalue weighted by atomic mass is 35.5. The number of fused-ring (bicyclic) bond motifs is 4. The SMILES string of the molecule is Cc1ccc(-c2ccc(Cl)c3c(N(C(=O)CC(C)(C)CNC(=O)OCOP(=O)(O)O)S(C)(=O)=O)nn(CC(F)(F)F)c23)c([C@H](Cc2cc(F)cc(F)c2)NC(=O)Cn2nc(C(F)C(F)F)c3c2C(F)(F)[C@@H]2C[C@H]32)n1. The number of pyridine rings is 1. The van der Waals surface area contributed by atoms with Crippen LogP contribution in [0.5, 0.6) is 0 Å². The number of amides is 3. The summed E-state index contributed by atoms with van der Waals surface area (Å²) in [6.45, 7) is -0.639. The molecule has 3 aromatic heterocycles. The molecule has 18 nitrogen and oxygen atoms in total. The van der Waals surface area contributed by atoms with Crippen molar-refractivity contribution in [2.24, 2.45) is 11.3 Å². The van der Waals surface area contributed by atoms with Gasteiger partial charge in [0.15, 0.2) is 5.82 Å². The molecule has 3 heterocycles. The molecule has 1 fully saturated rings. The predicted octanol–water partition coefficient (Wildman–Crippen LogP) is 8.18. The first-order valence-corrected chi connectivity index (χ1v) is 25.4. The summed E-state index contributed by atoms with van der Waals surface area (Å²) >= 11 is 6.66. The standard InChI is InChI=1S/C43H42ClF10N8O10PS/c1-19-5-6-23(34(56-19)28(11-20-9-21(45)12-22(46)10-20)57-29(63)15-60-37-31(25-13-26(25)43(37,53)54)35(58-60)33(47)38(48)49)24-7-8-27(44)32-36(24)61(17-42(50,51)52)59-39(32)62(74(4,69)70)30(64)14-41(2,3)16-55-40(65)71-18-72-73(66,67)68/h5-10,12,25-26,28,33,38H,11,13-18H2,1-4H3,(H,55,65)(H,57,63)(H2,66,67,68)/t25-,26+,28-,33?/m0/s1. The molecule has 0 bridgehead atoms. The van der Waals surface area contributed by atoms with Crippen LogP contribution in [0.3, 0.4) is 0 Å². The number of rotatable bonds is 19. The van der Waals surface area contributed by atoms with Crippen molar-refractivity contribution in [1.82, 2.24) is 35.2 Å². The highest BCUT2D eigenvalue weighted by molar-refractivity contribution is 7.92. The van der Waals surface area contributed by atoms with E-state index >= 15 is 8.78 Å². The van der Waals surface area contributed by atoms with Crippen LogP contribution in [0.15, 0.2) is 42.5 Å². The number of carbonyl (C=O) groups is 3. The Morgan fingerprint density at radius 1 is 1.00 bits per heavy atom. The molecule has 2 aliphatic rings. The summed E-state index contributed by atoms with van der Waals surface area (Å²) < 4.78 is 194. The topological polar surface area (TPSA) is 237 Å². The van der Waals surface area contributed by atoms with Crippen molar-refractivity contribution in [2.75, 3.05) is 23.9 Å². The van der Waals surface area contributed by atoms with Crippen molar-refractivity contribution in [3.05, 3.63) is 93.0 Å². The number of phosphoric ester groups is 1. The Labute approximate surface area is 417 Å². The maximum Gasteiger partial charge on any atom is 0.472 e. The molecule has 31 heteroatoms. The second-order valence-corrected chi connectivity index (χ2v) is 21.8. The summed E-state index contributed by atoms with van der Waals surface area (Å²) in [5.74, 6) is -11.7. The van der Waals surface area contributed by atoms with Crippen molar-refractivity contribution in [2.45, 2.75) is 89.8 Å². The number of phosphoric acid groups is 1. The van der Waals surface area contributed by atoms with E-state index in [-0.39, 0.29) is 43.5 Å². The molecular formula is C43H42ClF10N8O10PS. The number of ether oxygens (including phenoxy) is 1. The van der Waals surface area contributed by atoms with Gasteiger partial charge >= 0.3 is 20.1 Å².